The van der Waals surface area contributed by atoms with E-state index < -0.39 is 0 Å². The monoisotopic (exact) mass is 1520 g/mol. The predicted octanol–water partition coefficient (Wildman–Crippen LogP) is 33.5. The number of hydrogen-bond acceptors (Lipinski definition) is 0. The van der Waals surface area contributed by atoms with Gasteiger partial charge in [0.05, 0.1) is 0 Å². The van der Waals surface area contributed by atoms with Gasteiger partial charge in [-0.25, -0.2) is 0 Å². The summed E-state index contributed by atoms with van der Waals surface area (Å²) in [5.74, 6) is 0. The van der Waals surface area contributed by atoms with Gasteiger partial charge in [-0.1, -0.05) is 321 Å². The van der Waals surface area contributed by atoms with Crippen LogP contribution in [0.25, 0.3) is 219 Å². The zero-order chi connectivity index (χ0) is 81.3. The molecule has 0 bridgehead atoms. The normalized spacial score (nSPS) is 14.8. The maximum atomic E-state index is 2.53. The van der Waals surface area contributed by atoms with Crippen molar-refractivity contribution in [2.24, 2.45) is 0 Å². The molecule has 0 radical (unpaired) electrons. The molecule has 0 unspecified atom stereocenters. The minimum Gasteiger partial charge on any atom is -0.0610 e. The SMILES string of the molecule is CC(C)(C)c1cc(-c2ccc3c(c2)C(C)(C)c2cc4c(cc2-3)-c2cc3cccc5ccc6ccc-4c2c6c53)cc(C(C)(C)C)c1.CC(C)(C)c1ccc2c(c1)C(C)(C)c1cc3c(cc1-2)-c1cc2cccc4ccc5ccc-3c1c5c42.Cc1cc(C)cc(-c2ccc3c(c2)-c2cc4c(cc2C3(C)C)-c2ccc3ccc5cccc6cc-4c2c3c56)c1. The smallest absolute Gasteiger partial charge is 0.0159 e. The molecule has 6 aliphatic carbocycles. The van der Waals surface area contributed by atoms with Crippen LogP contribution in [0.2, 0.25) is 0 Å². The summed E-state index contributed by atoms with van der Waals surface area (Å²) in [6, 6.07) is 106. The van der Waals surface area contributed by atoms with E-state index in [-0.39, 0.29) is 32.5 Å². The lowest BCUT2D eigenvalue weighted by molar-refractivity contribution is 0.569. The molecule has 20 aromatic rings. The Kier molecular flexibility index (Phi) is 14.0. The molecular formula is C119H96. The van der Waals surface area contributed by atoms with Crippen molar-refractivity contribution >= 4 is 97.0 Å². The Balaban J connectivity index is 0.000000102. The minimum absolute atomic E-state index is 0.0131. The number of hydrogen-bond donors (Lipinski definition) is 0. The zero-order valence-corrected chi connectivity index (χ0v) is 71.5. The fourth-order valence-corrected chi connectivity index (χ4v) is 23.2. The molecule has 0 N–H and O–H groups in total. The third-order valence-electron chi connectivity index (χ3n) is 29.5. The maximum Gasteiger partial charge on any atom is 0.0159 e. The van der Waals surface area contributed by atoms with Crippen molar-refractivity contribution in [1.29, 1.82) is 0 Å². The molecule has 119 heavy (non-hydrogen) atoms. The fourth-order valence-electron chi connectivity index (χ4n) is 23.2. The summed E-state index contributed by atoms with van der Waals surface area (Å²) in [6.45, 7) is 39.7. The van der Waals surface area contributed by atoms with Crippen LogP contribution in [0.1, 0.15) is 165 Å². The number of benzene rings is 20. The van der Waals surface area contributed by atoms with E-state index >= 15 is 0 Å². The summed E-state index contributed by atoms with van der Waals surface area (Å²) in [4.78, 5) is 0. The van der Waals surface area contributed by atoms with Crippen LogP contribution in [0.15, 0.2) is 273 Å². The van der Waals surface area contributed by atoms with E-state index in [0.29, 0.717) is 0 Å². The van der Waals surface area contributed by atoms with Crippen molar-refractivity contribution in [3.05, 3.63) is 334 Å². The Labute approximate surface area is 698 Å². The molecule has 0 atom stereocenters. The first-order valence-corrected chi connectivity index (χ1v) is 43.3. The van der Waals surface area contributed by atoms with Crippen molar-refractivity contribution in [3.8, 4) is 122 Å². The van der Waals surface area contributed by atoms with Gasteiger partial charge in [-0.2, -0.15) is 0 Å². The van der Waals surface area contributed by atoms with E-state index in [2.05, 4.69) is 391 Å². The molecule has 0 saturated carbocycles. The highest BCUT2D eigenvalue weighted by Crippen LogP contribution is 2.63. The standard InChI is InChI=1S/C45H40.C39H28.C35H28/c1-43(2,3)30-18-29(19-31(22-30)44(4,5)6)27-15-16-32-36-23-34-35(24-39(36)45(7,8)38(32)21-27)33-17-14-26-13-12-25-10-9-11-28-20-37(34)42(33)41(26)40(25)28;1-21-14-22(2)16-27(15-21)25-11-13-34-31(17-25)32-19-29-30(20-35(32)39(34,3)4)28-12-10-24-9-8-23-6-5-7-26-18-33(29)38(28)37(24)36(23)26;1-34(2,3)22-12-14-23-27-17-25-26(18-30(27)35(4,5)29(23)16-22)24-13-11-20-10-9-19-7-6-8-21-15-28(25)33(24)32(20)31(19)21/h9-24H,1-8H3;5-20H,1-4H3;6-18H,1-5H3. The second-order valence-electron chi connectivity index (χ2n) is 40.9. The van der Waals surface area contributed by atoms with E-state index in [1.54, 1.807) is 0 Å². The van der Waals surface area contributed by atoms with E-state index in [9.17, 15) is 0 Å². The maximum absolute atomic E-state index is 2.53. The first-order chi connectivity index (χ1) is 56.9. The Hall–Kier alpha value is -12.5. The van der Waals surface area contributed by atoms with Gasteiger partial charge in [0.2, 0.25) is 0 Å². The molecule has 0 saturated heterocycles. The Morgan fingerprint density at radius 1 is 0.168 bits per heavy atom. The Bertz CT molecular complexity index is 7930. The van der Waals surface area contributed by atoms with Crippen LogP contribution in [0.4, 0.5) is 0 Å². The van der Waals surface area contributed by atoms with Crippen LogP contribution in [0, 0.1) is 13.8 Å². The summed E-state index contributed by atoms with van der Waals surface area (Å²) in [5.41, 5.74) is 45.9. The third kappa shape index (κ3) is 9.75. The van der Waals surface area contributed by atoms with Crippen LogP contribution >= 0.6 is 0 Å². The predicted molar refractivity (Wildman–Crippen MR) is 513 cm³/mol. The lowest BCUT2D eigenvalue weighted by Crippen LogP contribution is -2.17. The molecule has 0 nitrogen and oxygen atoms in total. The second-order valence-corrected chi connectivity index (χ2v) is 40.9. The molecule has 0 fully saturated rings. The van der Waals surface area contributed by atoms with Gasteiger partial charge in [0.15, 0.2) is 0 Å². The highest BCUT2D eigenvalue weighted by atomic mass is 14.5. The van der Waals surface area contributed by atoms with Gasteiger partial charge in [0, 0.05) is 16.2 Å². The van der Waals surface area contributed by atoms with E-state index in [1.165, 1.54) is 281 Å². The average molecular weight is 1530 g/mol. The summed E-state index contributed by atoms with van der Waals surface area (Å²) < 4.78 is 0. The van der Waals surface area contributed by atoms with E-state index in [0.717, 1.165) is 0 Å². The van der Waals surface area contributed by atoms with Crippen LogP contribution in [-0.2, 0) is 32.5 Å². The molecule has 0 heteroatoms. The first-order valence-electron chi connectivity index (χ1n) is 43.3. The van der Waals surface area contributed by atoms with Gasteiger partial charge in [0.1, 0.15) is 0 Å². The third-order valence-corrected chi connectivity index (χ3v) is 29.5. The molecule has 0 heterocycles. The van der Waals surface area contributed by atoms with Crippen molar-refractivity contribution in [2.45, 2.75) is 150 Å². The van der Waals surface area contributed by atoms with Crippen LogP contribution in [0.5, 0.6) is 0 Å². The van der Waals surface area contributed by atoms with E-state index in [4.69, 9.17) is 0 Å². The Morgan fingerprint density at radius 2 is 0.471 bits per heavy atom. The zero-order valence-electron chi connectivity index (χ0n) is 71.5. The topological polar surface area (TPSA) is 0 Å². The van der Waals surface area contributed by atoms with Gasteiger partial charge >= 0.3 is 0 Å². The Morgan fingerprint density at radius 3 is 0.882 bits per heavy atom. The summed E-state index contributed by atoms with van der Waals surface area (Å²) in [6.07, 6.45) is 0. The van der Waals surface area contributed by atoms with Crippen LogP contribution < -0.4 is 0 Å². The van der Waals surface area contributed by atoms with Crippen LogP contribution in [0.3, 0.4) is 0 Å². The van der Waals surface area contributed by atoms with Crippen LogP contribution in [-0.4, -0.2) is 0 Å². The molecule has 0 amide bonds. The molecule has 0 aliphatic heterocycles. The van der Waals surface area contributed by atoms with Gasteiger partial charge in [-0.3, -0.25) is 0 Å². The quantitative estimate of drug-likeness (QED) is 0.151. The number of aryl methyl sites for hydroxylation is 2. The number of rotatable bonds is 2. The lowest BCUT2D eigenvalue weighted by Gasteiger charge is -2.27. The number of fused-ring (bicyclic) bond motifs is 18. The molecule has 20 aromatic carbocycles. The summed E-state index contributed by atoms with van der Waals surface area (Å²) >= 11 is 0. The van der Waals surface area contributed by atoms with Crippen molar-refractivity contribution in [2.75, 3.05) is 0 Å². The summed E-state index contributed by atoms with van der Waals surface area (Å²) in [5, 5.41) is 24.8. The molecular weight excluding hydrogens is 1430 g/mol. The average Bonchev–Trinajstić information content (AvgIpc) is 1.55. The molecule has 0 spiro atoms. The molecule has 26 rings (SSSR count). The van der Waals surface area contributed by atoms with Crippen molar-refractivity contribution in [1.82, 2.24) is 0 Å². The summed E-state index contributed by atoms with van der Waals surface area (Å²) in [7, 11) is 0. The van der Waals surface area contributed by atoms with Gasteiger partial charge in [-0.05, 0) is 366 Å². The molecule has 0 aromatic heterocycles. The largest absolute Gasteiger partial charge is 0.0610 e. The lowest BCUT2D eigenvalue weighted by atomic mass is 9.78. The minimum atomic E-state index is -0.0932. The molecule has 6 aliphatic rings. The van der Waals surface area contributed by atoms with Gasteiger partial charge in [-0.15, -0.1) is 0 Å². The van der Waals surface area contributed by atoms with Gasteiger partial charge in [0.25, 0.3) is 0 Å². The highest BCUT2D eigenvalue weighted by Gasteiger charge is 2.43. The van der Waals surface area contributed by atoms with Gasteiger partial charge < -0.3 is 0 Å². The van der Waals surface area contributed by atoms with Crippen molar-refractivity contribution < 1.29 is 0 Å². The fraction of sp³-hybridized carbons (Fsp3) is 0.193. The highest BCUT2D eigenvalue weighted by molar-refractivity contribution is 6.35. The second kappa shape index (κ2) is 23.5. The first kappa shape index (κ1) is 70.7. The van der Waals surface area contributed by atoms with Crippen molar-refractivity contribution in [3.63, 3.8) is 0 Å². The van der Waals surface area contributed by atoms with E-state index in [1.807, 2.05) is 0 Å². The molecule has 572 valence electrons.